The van der Waals surface area contributed by atoms with Gasteiger partial charge in [0.1, 0.15) is 36.8 Å². The SMILES string of the molecule is CC(=O)OC[C@@]1(n2cnc3c(N)ncnc32)O[C@H](CO)[C@@H](O)[C@H]1O. The van der Waals surface area contributed by atoms with Crippen molar-refractivity contribution in [1.29, 1.82) is 0 Å². The van der Waals surface area contributed by atoms with Crippen LogP contribution in [0.5, 0.6) is 0 Å². The maximum Gasteiger partial charge on any atom is 0.302 e. The molecule has 1 fully saturated rings. The maximum absolute atomic E-state index is 11.2. The predicted octanol–water partition coefficient (Wildman–Crippen LogP) is -2.26. The number of carbonyl (C=O) groups excluding carboxylic acids is 1. The summed E-state index contributed by atoms with van der Waals surface area (Å²) in [6.07, 6.45) is -1.50. The molecule has 11 nitrogen and oxygen atoms in total. The standard InChI is InChI=1S/C13H17N5O6/c1-6(20)23-3-13(10(22)9(21)7(2-19)24-13)18-5-17-8-11(14)15-4-16-12(8)18/h4-5,7,9-10,19,21-22H,2-3H2,1H3,(H2,14,15,16)/t7-,9-,10-,13-/m1/s1. The van der Waals surface area contributed by atoms with Crippen LogP contribution in [-0.2, 0) is 20.0 Å². The van der Waals surface area contributed by atoms with Crippen LogP contribution in [0, 0.1) is 0 Å². The number of hydrogen-bond donors (Lipinski definition) is 4. The third-order valence-corrected chi connectivity index (χ3v) is 3.95. The summed E-state index contributed by atoms with van der Waals surface area (Å²) in [4.78, 5) is 23.2. The minimum Gasteiger partial charge on any atom is -0.461 e. The van der Waals surface area contributed by atoms with Crippen molar-refractivity contribution in [2.24, 2.45) is 0 Å². The van der Waals surface area contributed by atoms with Gasteiger partial charge in [-0.3, -0.25) is 9.36 Å². The van der Waals surface area contributed by atoms with Crippen LogP contribution in [0.4, 0.5) is 5.82 Å². The van der Waals surface area contributed by atoms with Crippen LogP contribution in [0.2, 0.25) is 0 Å². The number of imidazole rings is 1. The molecule has 0 spiro atoms. The van der Waals surface area contributed by atoms with Crippen molar-refractivity contribution in [3.8, 4) is 0 Å². The highest BCUT2D eigenvalue weighted by molar-refractivity contribution is 5.81. The molecule has 2 aromatic rings. The smallest absolute Gasteiger partial charge is 0.302 e. The normalized spacial score (nSPS) is 29.9. The van der Waals surface area contributed by atoms with Crippen LogP contribution in [0.3, 0.4) is 0 Å². The molecule has 0 bridgehead atoms. The Bertz CT molecular complexity index is 766. The van der Waals surface area contributed by atoms with Gasteiger partial charge < -0.3 is 30.5 Å². The summed E-state index contributed by atoms with van der Waals surface area (Å²) in [6.45, 7) is 0.234. The molecule has 0 saturated carbocycles. The van der Waals surface area contributed by atoms with Crippen molar-refractivity contribution in [2.75, 3.05) is 18.9 Å². The molecule has 11 heteroatoms. The van der Waals surface area contributed by atoms with Gasteiger partial charge in [-0.1, -0.05) is 0 Å². The number of ether oxygens (including phenoxy) is 2. The lowest BCUT2D eigenvalue weighted by atomic mass is 10.0. The van der Waals surface area contributed by atoms with Crippen LogP contribution in [0.15, 0.2) is 12.7 Å². The van der Waals surface area contributed by atoms with Gasteiger partial charge in [0.25, 0.3) is 0 Å². The van der Waals surface area contributed by atoms with Crippen molar-refractivity contribution >= 4 is 23.0 Å². The van der Waals surface area contributed by atoms with E-state index in [1.165, 1.54) is 24.1 Å². The van der Waals surface area contributed by atoms with Gasteiger partial charge in [-0.25, -0.2) is 15.0 Å². The quantitative estimate of drug-likeness (QED) is 0.446. The number of hydrogen-bond acceptors (Lipinski definition) is 10. The van der Waals surface area contributed by atoms with Gasteiger partial charge in [0.15, 0.2) is 11.5 Å². The lowest BCUT2D eigenvalue weighted by Gasteiger charge is -2.32. The highest BCUT2D eigenvalue weighted by atomic mass is 16.6. The molecular weight excluding hydrogens is 322 g/mol. The number of anilines is 1. The summed E-state index contributed by atoms with van der Waals surface area (Å²) in [7, 11) is 0. The zero-order chi connectivity index (χ0) is 17.5. The fraction of sp³-hybridized carbons (Fsp3) is 0.538. The molecule has 3 rings (SSSR count). The number of carbonyl (C=O) groups is 1. The van der Waals surface area contributed by atoms with Crippen molar-refractivity contribution < 1.29 is 29.6 Å². The average Bonchev–Trinajstić information content (AvgIpc) is 3.09. The number of nitrogens with zero attached hydrogens (tertiary/aromatic N) is 4. The molecule has 130 valence electrons. The Balaban J connectivity index is 2.14. The van der Waals surface area contributed by atoms with Crippen molar-refractivity contribution in [3.05, 3.63) is 12.7 Å². The van der Waals surface area contributed by atoms with E-state index in [4.69, 9.17) is 15.2 Å². The molecule has 3 heterocycles. The molecule has 0 aromatic carbocycles. The zero-order valence-corrected chi connectivity index (χ0v) is 12.7. The number of aliphatic hydroxyl groups excluding tert-OH is 3. The Kier molecular flexibility index (Phi) is 4.09. The largest absolute Gasteiger partial charge is 0.461 e. The first kappa shape index (κ1) is 16.5. The van der Waals surface area contributed by atoms with Crippen molar-refractivity contribution in [3.63, 3.8) is 0 Å². The van der Waals surface area contributed by atoms with E-state index in [0.717, 1.165) is 0 Å². The van der Waals surface area contributed by atoms with Crippen LogP contribution >= 0.6 is 0 Å². The topological polar surface area (TPSA) is 166 Å². The van der Waals surface area contributed by atoms with E-state index in [9.17, 15) is 20.1 Å². The minimum atomic E-state index is -1.71. The van der Waals surface area contributed by atoms with E-state index in [2.05, 4.69) is 15.0 Å². The summed E-state index contributed by atoms with van der Waals surface area (Å²) in [5.74, 6) is -0.487. The maximum atomic E-state index is 11.2. The van der Waals surface area contributed by atoms with Gasteiger partial charge >= 0.3 is 5.97 Å². The molecule has 0 aliphatic carbocycles. The first-order chi connectivity index (χ1) is 11.4. The lowest BCUT2D eigenvalue weighted by Crippen LogP contribution is -2.49. The van der Waals surface area contributed by atoms with Crippen LogP contribution < -0.4 is 5.73 Å². The second kappa shape index (κ2) is 5.94. The monoisotopic (exact) mass is 339 g/mol. The molecule has 5 N–H and O–H groups in total. The molecule has 0 unspecified atom stereocenters. The Morgan fingerprint density at radius 3 is 2.83 bits per heavy atom. The van der Waals surface area contributed by atoms with Gasteiger partial charge in [-0.15, -0.1) is 0 Å². The van der Waals surface area contributed by atoms with E-state index in [0.29, 0.717) is 0 Å². The molecule has 0 amide bonds. The summed E-state index contributed by atoms with van der Waals surface area (Å²) >= 11 is 0. The zero-order valence-electron chi connectivity index (χ0n) is 12.7. The molecular formula is C13H17N5O6. The fourth-order valence-corrected chi connectivity index (χ4v) is 2.74. The summed E-state index contributed by atoms with van der Waals surface area (Å²) < 4.78 is 12.0. The van der Waals surface area contributed by atoms with Crippen LogP contribution in [0.25, 0.3) is 11.2 Å². The van der Waals surface area contributed by atoms with E-state index in [-0.39, 0.29) is 17.0 Å². The van der Waals surface area contributed by atoms with Crippen molar-refractivity contribution in [1.82, 2.24) is 19.5 Å². The van der Waals surface area contributed by atoms with Crippen LogP contribution in [-0.4, -0.2) is 72.3 Å². The minimum absolute atomic E-state index is 0.119. The summed E-state index contributed by atoms with van der Waals surface area (Å²) in [6, 6.07) is 0. The number of aromatic nitrogens is 4. The number of fused-ring (bicyclic) bond motifs is 1. The number of nitrogens with two attached hydrogens (primary N) is 1. The predicted molar refractivity (Wildman–Crippen MR) is 78.3 cm³/mol. The van der Waals surface area contributed by atoms with E-state index in [1.54, 1.807) is 0 Å². The number of esters is 1. The lowest BCUT2D eigenvalue weighted by molar-refractivity contribution is -0.187. The molecule has 4 atom stereocenters. The Labute approximate surface area is 135 Å². The Morgan fingerprint density at radius 1 is 1.46 bits per heavy atom. The summed E-state index contributed by atoms with van der Waals surface area (Å²) in [5.41, 5.74) is 4.51. The van der Waals surface area contributed by atoms with E-state index in [1.807, 2.05) is 0 Å². The van der Waals surface area contributed by atoms with Gasteiger partial charge in [0.05, 0.1) is 12.9 Å². The first-order valence-electron chi connectivity index (χ1n) is 7.13. The second-order valence-electron chi connectivity index (χ2n) is 5.45. The Morgan fingerprint density at radius 2 is 2.21 bits per heavy atom. The molecule has 2 aromatic heterocycles. The fourth-order valence-electron chi connectivity index (χ4n) is 2.74. The van der Waals surface area contributed by atoms with E-state index < -0.39 is 43.2 Å². The average molecular weight is 339 g/mol. The van der Waals surface area contributed by atoms with Gasteiger partial charge in [0.2, 0.25) is 5.72 Å². The van der Waals surface area contributed by atoms with Gasteiger partial charge in [0, 0.05) is 6.92 Å². The third kappa shape index (κ3) is 2.38. The highest BCUT2D eigenvalue weighted by Crippen LogP contribution is 2.38. The number of aliphatic hydroxyl groups is 3. The molecule has 1 saturated heterocycles. The first-order valence-corrected chi connectivity index (χ1v) is 7.13. The molecule has 0 radical (unpaired) electrons. The second-order valence-corrected chi connectivity index (χ2v) is 5.45. The number of nitrogen functional groups attached to an aromatic ring is 1. The Hall–Kier alpha value is -2.34. The van der Waals surface area contributed by atoms with Gasteiger partial charge in [-0.05, 0) is 0 Å². The third-order valence-electron chi connectivity index (χ3n) is 3.95. The van der Waals surface area contributed by atoms with Crippen molar-refractivity contribution in [2.45, 2.75) is 31.0 Å². The molecule has 24 heavy (non-hydrogen) atoms. The van der Waals surface area contributed by atoms with Crippen LogP contribution in [0.1, 0.15) is 6.92 Å². The van der Waals surface area contributed by atoms with E-state index >= 15 is 0 Å². The van der Waals surface area contributed by atoms with Gasteiger partial charge in [-0.2, -0.15) is 0 Å². The summed E-state index contributed by atoms with van der Waals surface area (Å²) in [5, 5.41) is 30.0. The number of rotatable bonds is 4. The molecule has 1 aliphatic rings. The highest BCUT2D eigenvalue weighted by Gasteiger charge is 2.57. The molecule has 1 aliphatic heterocycles.